The molecule has 0 aliphatic carbocycles. The van der Waals surface area contributed by atoms with E-state index in [-0.39, 0.29) is 0 Å². The summed E-state index contributed by atoms with van der Waals surface area (Å²) in [7, 11) is 0. The third-order valence-corrected chi connectivity index (χ3v) is 8.08. The molecule has 4 aromatic carbocycles. The highest BCUT2D eigenvalue weighted by molar-refractivity contribution is 6.13. The van der Waals surface area contributed by atoms with Crippen LogP contribution in [0.2, 0.25) is 0 Å². The van der Waals surface area contributed by atoms with Crippen molar-refractivity contribution in [1.82, 2.24) is 9.97 Å². The van der Waals surface area contributed by atoms with E-state index < -0.39 is 11.8 Å². The molecule has 0 saturated carbocycles. The third kappa shape index (κ3) is 4.55. The summed E-state index contributed by atoms with van der Waals surface area (Å²) in [5.74, 6) is 0. The summed E-state index contributed by atoms with van der Waals surface area (Å²) in [5.41, 5.74) is 9.91. The van der Waals surface area contributed by atoms with Gasteiger partial charge < -0.3 is 8.83 Å². The Bertz CT molecular complexity index is 2430. The second-order valence-corrected chi connectivity index (χ2v) is 12.5. The fraction of sp³-hybridized carbons (Fsp3) is 0.150. The molecule has 8 aromatic rings. The van der Waals surface area contributed by atoms with Gasteiger partial charge in [-0.3, -0.25) is 9.97 Å². The molecule has 0 N–H and O–H groups in total. The fourth-order valence-corrected chi connectivity index (χ4v) is 6.05. The number of furan rings is 2. The highest BCUT2D eigenvalue weighted by atomic mass is 16.3. The van der Waals surface area contributed by atoms with E-state index in [1.807, 2.05) is 76.4 Å². The molecule has 0 spiro atoms. The van der Waals surface area contributed by atoms with E-state index in [9.17, 15) is 0 Å². The first-order valence-electron chi connectivity index (χ1n) is 15.9. The van der Waals surface area contributed by atoms with Crippen molar-refractivity contribution in [2.75, 3.05) is 0 Å². The first-order chi connectivity index (χ1) is 22.1. The number of benzene rings is 4. The zero-order valence-electron chi connectivity index (χ0n) is 27.1. The van der Waals surface area contributed by atoms with Crippen LogP contribution in [0.4, 0.5) is 0 Å². The Hall–Kier alpha value is -5.22. The van der Waals surface area contributed by atoms with E-state index in [0.29, 0.717) is 16.7 Å². The lowest BCUT2D eigenvalue weighted by atomic mass is 9.88. The first-order valence-corrected chi connectivity index (χ1v) is 14.9. The predicted molar refractivity (Wildman–Crippen MR) is 181 cm³/mol. The highest BCUT2D eigenvalue weighted by Gasteiger charge is 2.18. The van der Waals surface area contributed by atoms with E-state index in [4.69, 9.17) is 16.6 Å². The lowest BCUT2D eigenvalue weighted by molar-refractivity contribution is 0.411. The number of fused-ring (bicyclic) bond motifs is 6. The van der Waals surface area contributed by atoms with Crippen LogP contribution in [0.5, 0.6) is 0 Å². The number of aryl methyl sites for hydroxylation is 1. The Kier molecular flexibility index (Phi) is 5.47. The maximum atomic E-state index is 8.72. The topological polar surface area (TPSA) is 52.1 Å². The summed E-state index contributed by atoms with van der Waals surface area (Å²) in [6.07, 6.45) is 2.13. The normalized spacial score (nSPS) is 13.2. The molecule has 0 bridgehead atoms. The van der Waals surface area contributed by atoms with E-state index in [0.717, 1.165) is 71.9 Å². The van der Waals surface area contributed by atoms with Crippen LogP contribution in [0.15, 0.2) is 118 Å². The van der Waals surface area contributed by atoms with Crippen molar-refractivity contribution in [3.05, 3.63) is 121 Å². The molecule has 0 saturated heterocycles. The van der Waals surface area contributed by atoms with Gasteiger partial charge in [-0.1, -0.05) is 93.6 Å². The zero-order valence-corrected chi connectivity index (χ0v) is 25.1. The van der Waals surface area contributed by atoms with Crippen LogP contribution in [-0.2, 0) is 6.37 Å². The molecule has 0 fully saturated rings. The van der Waals surface area contributed by atoms with Crippen molar-refractivity contribution in [2.45, 2.75) is 34.1 Å². The molecular formula is C40H32N2O2. The highest BCUT2D eigenvalue weighted by Crippen LogP contribution is 2.41. The quantitative estimate of drug-likeness (QED) is 0.210. The van der Waals surface area contributed by atoms with Gasteiger partial charge in [0.05, 0.1) is 17.6 Å². The molecule has 44 heavy (non-hydrogen) atoms. The van der Waals surface area contributed by atoms with Crippen molar-refractivity contribution in [2.24, 2.45) is 5.41 Å². The van der Waals surface area contributed by atoms with Crippen molar-refractivity contribution >= 4 is 43.9 Å². The predicted octanol–water partition coefficient (Wildman–Crippen LogP) is 11.2. The molecular weight excluding hydrogens is 540 g/mol. The second kappa shape index (κ2) is 9.92. The van der Waals surface area contributed by atoms with Crippen LogP contribution in [0.25, 0.3) is 77.5 Å². The maximum Gasteiger partial charge on any atom is 0.153 e. The van der Waals surface area contributed by atoms with Crippen LogP contribution in [0.3, 0.4) is 0 Å². The minimum Gasteiger partial charge on any atom is -0.455 e. The summed E-state index contributed by atoms with van der Waals surface area (Å²) in [6.45, 7) is 7.77. The smallest absolute Gasteiger partial charge is 0.153 e. The average molecular weight is 575 g/mol. The molecule has 8 rings (SSSR count). The number of nitrogens with zero attached hydrogens (tertiary/aromatic N) is 2. The molecule has 0 aliphatic heterocycles. The number of pyridine rings is 2. The van der Waals surface area contributed by atoms with Gasteiger partial charge >= 0.3 is 0 Å². The summed E-state index contributed by atoms with van der Waals surface area (Å²) in [4.78, 5) is 9.37. The minimum atomic E-state index is -1.51. The first kappa shape index (κ1) is 24.2. The third-order valence-electron chi connectivity index (χ3n) is 8.08. The number of rotatable bonds is 4. The summed E-state index contributed by atoms with van der Waals surface area (Å²) in [5, 5.41) is 3.94. The monoisotopic (exact) mass is 574 g/mol. The van der Waals surface area contributed by atoms with Crippen LogP contribution >= 0.6 is 0 Å². The fourth-order valence-electron chi connectivity index (χ4n) is 6.05. The molecule has 0 atom stereocenters. The van der Waals surface area contributed by atoms with E-state index in [2.05, 4.69) is 59.6 Å². The summed E-state index contributed by atoms with van der Waals surface area (Å²) < 4.78 is 30.3. The largest absolute Gasteiger partial charge is 0.455 e. The van der Waals surface area contributed by atoms with E-state index >= 15 is 0 Å². The average Bonchev–Trinajstić information content (AvgIpc) is 3.62. The van der Waals surface area contributed by atoms with Crippen LogP contribution < -0.4 is 0 Å². The van der Waals surface area contributed by atoms with Gasteiger partial charge in [-0.2, -0.15) is 0 Å². The number of para-hydroxylation sites is 2. The molecule has 4 heterocycles. The Morgan fingerprint density at radius 3 is 2.05 bits per heavy atom. The number of aromatic nitrogens is 2. The van der Waals surface area contributed by atoms with Gasteiger partial charge in [0, 0.05) is 47.2 Å². The van der Waals surface area contributed by atoms with Gasteiger partial charge in [0.25, 0.3) is 0 Å². The van der Waals surface area contributed by atoms with Gasteiger partial charge in [0.15, 0.2) is 5.58 Å². The van der Waals surface area contributed by atoms with E-state index in [1.165, 1.54) is 0 Å². The van der Waals surface area contributed by atoms with Gasteiger partial charge in [-0.05, 0) is 59.7 Å². The van der Waals surface area contributed by atoms with Gasteiger partial charge in [0.2, 0.25) is 0 Å². The molecule has 0 radical (unpaired) electrons. The van der Waals surface area contributed by atoms with E-state index in [1.54, 1.807) is 6.20 Å². The Morgan fingerprint density at radius 1 is 0.614 bits per heavy atom. The lowest BCUT2D eigenvalue weighted by Crippen LogP contribution is -2.08. The standard InChI is InChI=1S/C40H32N2O2/c1-24-11-18-34(41-22-24)27-15-13-26(14-16-27)28-7-5-8-30-31-9-6-10-32(39(31)44-38(28)30)35-20-33-29-17-12-25(21-40(2,3)4)19-36(29)43-37(33)23-42-35/h5-20,22-23H,21H2,1-4H3/i21D2. The van der Waals surface area contributed by atoms with Crippen LogP contribution in [0.1, 0.15) is 34.6 Å². The van der Waals surface area contributed by atoms with Crippen LogP contribution in [-0.4, -0.2) is 9.97 Å². The van der Waals surface area contributed by atoms with Crippen molar-refractivity contribution in [3.8, 4) is 33.6 Å². The summed E-state index contributed by atoms with van der Waals surface area (Å²) >= 11 is 0. The Balaban J connectivity index is 1.22. The van der Waals surface area contributed by atoms with Crippen molar-refractivity contribution in [3.63, 3.8) is 0 Å². The molecule has 0 aliphatic rings. The van der Waals surface area contributed by atoms with Crippen molar-refractivity contribution < 1.29 is 11.6 Å². The molecule has 4 aromatic heterocycles. The Morgan fingerprint density at radius 2 is 1.32 bits per heavy atom. The minimum absolute atomic E-state index is 0.561. The SMILES string of the molecule is [2H]C([2H])(c1ccc2c(c1)oc1cnc(-c3cccc4c3oc3c(-c5ccc(-c6ccc(C)cn6)cc5)cccc34)cc12)C(C)(C)C. The molecule has 4 nitrogen and oxygen atoms in total. The Labute approximate surface area is 258 Å². The number of hydrogen-bond acceptors (Lipinski definition) is 4. The van der Waals surface area contributed by atoms with Gasteiger partial charge in [-0.15, -0.1) is 0 Å². The molecule has 4 heteroatoms. The zero-order chi connectivity index (χ0) is 31.8. The van der Waals surface area contributed by atoms with Crippen molar-refractivity contribution in [1.29, 1.82) is 0 Å². The second-order valence-electron chi connectivity index (χ2n) is 12.5. The van der Waals surface area contributed by atoms with Gasteiger partial charge in [0.1, 0.15) is 16.7 Å². The lowest BCUT2D eigenvalue weighted by Gasteiger charge is -2.17. The molecule has 214 valence electrons. The van der Waals surface area contributed by atoms with Gasteiger partial charge in [-0.25, -0.2) is 0 Å². The molecule has 0 amide bonds. The van der Waals surface area contributed by atoms with Crippen LogP contribution in [0, 0.1) is 12.3 Å². The summed E-state index contributed by atoms with van der Waals surface area (Å²) in [6, 6.07) is 32.7. The molecule has 0 unspecified atom stereocenters. The number of hydrogen-bond donors (Lipinski definition) is 0. The maximum absolute atomic E-state index is 8.72.